The van der Waals surface area contributed by atoms with Gasteiger partial charge in [-0.05, 0) is 37.1 Å². The Morgan fingerprint density at radius 3 is 2.77 bits per heavy atom. The maximum Gasteiger partial charge on any atom is 0.151 e. The average Bonchev–Trinajstić information content (AvgIpc) is 2.98. The molecule has 0 saturated carbocycles. The summed E-state index contributed by atoms with van der Waals surface area (Å²) in [7, 11) is -1.18. The molecule has 0 bridgehead atoms. The van der Waals surface area contributed by atoms with Crippen molar-refractivity contribution in [3.63, 3.8) is 0 Å². The van der Waals surface area contributed by atoms with Crippen LogP contribution in [0.2, 0.25) is 10.0 Å². The third kappa shape index (κ3) is 3.72. The molecule has 0 spiro atoms. The van der Waals surface area contributed by atoms with Gasteiger partial charge >= 0.3 is 0 Å². The Balaban J connectivity index is 1.80. The fourth-order valence-electron chi connectivity index (χ4n) is 3.00. The van der Waals surface area contributed by atoms with E-state index in [0.717, 1.165) is 35.3 Å². The van der Waals surface area contributed by atoms with Crippen LogP contribution in [0.15, 0.2) is 29.3 Å². The van der Waals surface area contributed by atoms with E-state index < -0.39 is 10.8 Å². The Bertz CT molecular complexity index is 987. The average molecular weight is 411 g/mol. The van der Waals surface area contributed by atoms with Crippen molar-refractivity contribution in [3.05, 3.63) is 45.8 Å². The summed E-state index contributed by atoms with van der Waals surface area (Å²) in [4.78, 5) is 9.44. The highest BCUT2D eigenvalue weighted by atomic mass is 35.5. The first-order chi connectivity index (χ1) is 12.4. The van der Waals surface area contributed by atoms with Crippen LogP contribution in [0.3, 0.4) is 0 Å². The van der Waals surface area contributed by atoms with Crippen LogP contribution in [0.25, 0.3) is 11.0 Å². The Labute approximate surface area is 165 Å². The summed E-state index contributed by atoms with van der Waals surface area (Å²) in [5, 5.41) is 0.975. The smallest absolute Gasteiger partial charge is 0.151 e. The maximum atomic E-state index is 12.6. The number of benzene rings is 1. The molecule has 1 unspecified atom stereocenters. The first-order valence-corrected chi connectivity index (χ1v) is 10.4. The number of imidazole rings is 1. The van der Waals surface area contributed by atoms with E-state index in [1.807, 2.05) is 6.92 Å². The molecule has 8 heteroatoms. The van der Waals surface area contributed by atoms with Gasteiger partial charge in [0.15, 0.2) is 5.82 Å². The van der Waals surface area contributed by atoms with Crippen molar-refractivity contribution in [2.24, 2.45) is 0 Å². The summed E-state index contributed by atoms with van der Waals surface area (Å²) in [6, 6.07) is 5.05. The molecule has 1 atom stereocenters. The molecule has 0 fully saturated rings. The van der Waals surface area contributed by atoms with Gasteiger partial charge in [-0.3, -0.25) is 4.21 Å². The molecular weight excluding hydrogens is 391 g/mol. The number of halogens is 2. The van der Waals surface area contributed by atoms with Gasteiger partial charge in [0.1, 0.15) is 11.3 Å². The Hall–Kier alpha value is -1.63. The number of nitrogens with zero attached hydrogens (tertiary/aromatic N) is 3. The van der Waals surface area contributed by atoms with Crippen molar-refractivity contribution in [1.29, 1.82) is 0 Å². The predicted octanol–water partition coefficient (Wildman–Crippen LogP) is 4.39. The van der Waals surface area contributed by atoms with Gasteiger partial charge in [0.05, 0.1) is 26.2 Å². The number of hydrogen-bond acceptors (Lipinski definition) is 4. The van der Waals surface area contributed by atoms with Crippen LogP contribution in [0.1, 0.15) is 24.7 Å². The van der Waals surface area contributed by atoms with Crippen molar-refractivity contribution in [2.45, 2.75) is 38.1 Å². The first kappa shape index (κ1) is 19.1. The molecule has 0 saturated heterocycles. The second kappa shape index (κ2) is 7.94. The molecule has 2 heterocycles. The molecule has 0 aliphatic rings. The summed E-state index contributed by atoms with van der Waals surface area (Å²) in [6.45, 7) is 4.77. The van der Waals surface area contributed by atoms with E-state index in [0.29, 0.717) is 33.1 Å². The number of pyridine rings is 1. The molecule has 0 amide bonds. The zero-order chi connectivity index (χ0) is 18.8. The summed E-state index contributed by atoms with van der Waals surface area (Å²) in [5.74, 6) is 1.90. The van der Waals surface area contributed by atoms with Crippen molar-refractivity contribution in [1.82, 2.24) is 14.5 Å². The molecule has 2 N–H and O–H groups in total. The Morgan fingerprint density at radius 2 is 2.08 bits per heavy atom. The van der Waals surface area contributed by atoms with E-state index in [-0.39, 0.29) is 0 Å². The molecule has 3 rings (SSSR count). The number of aryl methyl sites for hydroxylation is 3. The highest BCUT2D eigenvalue weighted by Crippen LogP contribution is 2.26. The zero-order valence-corrected chi connectivity index (χ0v) is 17.0. The van der Waals surface area contributed by atoms with Gasteiger partial charge in [0.2, 0.25) is 0 Å². The summed E-state index contributed by atoms with van der Waals surface area (Å²) in [5.41, 5.74) is 8.76. The quantitative estimate of drug-likeness (QED) is 0.653. The van der Waals surface area contributed by atoms with Gasteiger partial charge in [-0.1, -0.05) is 30.1 Å². The number of hydrogen-bond donors (Lipinski definition) is 1. The second-order valence-electron chi connectivity index (χ2n) is 6.03. The van der Waals surface area contributed by atoms with Crippen LogP contribution in [0, 0.1) is 6.92 Å². The van der Waals surface area contributed by atoms with Crippen molar-refractivity contribution < 1.29 is 4.21 Å². The summed E-state index contributed by atoms with van der Waals surface area (Å²) in [6.07, 6.45) is 3.28. The second-order valence-corrected chi connectivity index (χ2v) is 8.42. The Morgan fingerprint density at radius 1 is 1.31 bits per heavy atom. The van der Waals surface area contributed by atoms with E-state index in [1.165, 1.54) is 0 Å². The number of fused-ring (bicyclic) bond motifs is 1. The van der Waals surface area contributed by atoms with Crippen molar-refractivity contribution in [2.75, 3.05) is 11.5 Å². The number of nitrogen functional groups attached to an aromatic ring is 1. The molecule has 1 aromatic carbocycles. The normalized spacial score (nSPS) is 12.6. The van der Waals surface area contributed by atoms with Crippen LogP contribution < -0.4 is 5.73 Å². The minimum Gasteiger partial charge on any atom is -0.382 e. The lowest BCUT2D eigenvalue weighted by molar-refractivity contribution is 0.647. The van der Waals surface area contributed by atoms with Crippen LogP contribution in [0.4, 0.5) is 5.82 Å². The molecule has 138 valence electrons. The van der Waals surface area contributed by atoms with Gasteiger partial charge in [-0.25, -0.2) is 9.97 Å². The topological polar surface area (TPSA) is 73.8 Å². The number of nitrogens with two attached hydrogens (primary N) is 1. The minimum absolute atomic E-state index is 0.438. The summed E-state index contributed by atoms with van der Waals surface area (Å²) < 4.78 is 14.7. The molecular formula is C18H20Cl2N4OS. The lowest BCUT2D eigenvalue weighted by atomic mass is 10.2. The van der Waals surface area contributed by atoms with Crippen LogP contribution >= 0.6 is 23.2 Å². The minimum atomic E-state index is -1.18. The number of aromatic nitrogens is 3. The maximum absolute atomic E-state index is 12.6. The lowest BCUT2D eigenvalue weighted by Gasteiger charge is -2.10. The fourth-order valence-corrected chi connectivity index (χ4v) is 4.77. The van der Waals surface area contributed by atoms with Crippen LogP contribution in [-0.4, -0.2) is 24.5 Å². The van der Waals surface area contributed by atoms with Gasteiger partial charge in [0, 0.05) is 29.9 Å². The van der Waals surface area contributed by atoms with Gasteiger partial charge in [-0.15, -0.1) is 0 Å². The molecule has 26 heavy (non-hydrogen) atoms. The number of rotatable bonds is 6. The fraction of sp³-hybridized carbons (Fsp3) is 0.333. The molecule has 2 aromatic heterocycles. The van der Waals surface area contributed by atoms with Gasteiger partial charge < -0.3 is 10.3 Å². The lowest BCUT2D eigenvalue weighted by Crippen LogP contribution is -2.08. The SMILES string of the molecule is CCc1nc2c(N)ncc(C)c2n1CCCS(=O)c1ccc(Cl)cc1Cl. The van der Waals surface area contributed by atoms with E-state index >= 15 is 0 Å². The van der Waals surface area contributed by atoms with Gasteiger partial charge in [0.25, 0.3) is 0 Å². The monoisotopic (exact) mass is 410 g/mol. The van der Waals surface area contributed by atoms with Crippen molar-refractivity contribution in [3.8, 4) is 0 Å². The van der Waals surface area contributed by atoms with E-state index in [9.17, 15) is 4.21 Å². The molecule has 3 aromatic rings. The molecule has 5 nitrogen and oxygen atoms in total. The standard InChI is InChI=1S/C18H20Cl2N4OS/c1-3-15-23-16-17(11(2)10-22-18(16)21)24(15)7-4-8-26(25)14-6-5-12(19)9-13(14)20/h5-6,9-10H,3-4,7-8H2,1-2H3,(H2,21,22). The molecule has 0 aliphatic carbocycles. The zero-order valence-electron chi connectivity index (χ0n) is 14.6. The predicted molar refractivity (Wildman–Crippen MR) is 108 cm³/mol. The van der Waals surface area contributed by atoms with Crippen molar-refractivity contribution >= 4 is 50.9 Å². The van der Waals surface area contributed by atoms with E-state index in [2.05, 4.69) is 21.5 Å². The van der Waals surface area contributed by atoms with Crippen LogP contribution in [-0.2, 0) is 23.8 Å². The third-order valence-electron chi connectivity index (χ3n) is 4.23. The van der Waals surface area contributed by atoms with Crippen LogP contribution in [0.5, 0.6) is 0 Å². The third-order valence-corrected chi connectivity index (χ3v) is 6.39. The van der Waals surface area contributed by atoms with E-state index in [1.54, 1.807) is 24.4 Å². The Kier molecular flexibility index (Phi) is 5.85. The molecule has 0 radical (unpaired) electrons. The summed E-state index contributed by atoms with van der Waals surface area (Å²) >= 11 is 12.1. The number of anilines is 1. The highest BCUT2D eigenvalue weighted by molar-refractivity contribution is 7.85. The largest absolute Gasteiger partial charge is 0.382 e. The first-order valence-electron chi connectivity index (χ1n) is 8.36. The molecule has 0 aliphatic heterocycles. The van der Waals surface area contributed by atoms with Gasteiger partial charge in [-0.2, -0.15) is 0 Å². The highest BCUT2D eigenvalue weighted by Gasteiger charge is 2.15. The van der Waals surface area contributed by atoms with E-state index in [4.69, 9.17) is 28.9 Å².